The predicted octanol–water partition coefficient (Wildman–Crippen LogP) is 8.33. The number of phenols is 12. The third kappa shape index (κ3) is 6.18. The van der Waals surface area contributed by atoms with Gasteiger partial charge in [0.15, 0.2) is 11.6 Å². The van der Waals surface area contributed by atoms with Crippen molar-refractivity contribution < 1.29 is 90.0 Å². The summed E-state index contributed by atoms with van der Waals surface area (Å²) in [5.41, 5.74) is -10.8. The van der Waals surface area contributed by atoms with E-state index in [4.69, 9.17) is 0 Å². The van der Waals surface area contributed by atoms with Crippen LogP contribution in [0, 0.1) is 27.7 Å². The Bertz CT molecular complexity index is 4070. The smallest absolute Gasteiger partial charge is 0.201 e. The lowest BCUT2D eigenvalue weighted by Crippen LogP contribution is -2.31. The number of ketones is 6. The zero-order valence-corrected chi connectivity index (χ0v) is 40.9. The maximum atomic E-state index is 15.3. The van der Waals surface area contributed by atoms with Gasteiger partial charge in [0.05, 0.1) is 44.5 Å². The van der Waals surface area contributed by atoms with Crippen LogP contribution in [0.15, 0.2) is 72.8 Å². The van der Waals surface area contributed by atoms with E-state index in [1.54, 1.807) is 0 Å². The quantitative estimate of drug-likeness (QED) is 0.0791. The fourth-order valence-corrected chi connectivity index (χ4v) is 12.4. The van der Waals surface area contributed by atoms with Crippen molar-refractivity contribution in [3.63, 3.8) is 0 Å². The highest BCUT2D eigenvalue weighted by Gasteiger charge is 2.51. The van der Waals surface area contributed by atoms with Gasteiger partial charge in [-0.2, -0.15) is 0 Å². The van der Waals surface area contributed by atoms with Crippen LogP contribution in [0.25, 0.3) is 22.3 Å². The molecular weight excluding hydrogens is 1010 g/mol. The standard InChI is InChI=1S/C60H38O18/c1-17-5-21-37(25(61)9-17)57(75)47-33(69)13-29(65)43(45-31(67)15-35(71)49-53(45)55(73)23-7-19(3)11-27(63)39(23)59(49)77)51(47)41(21)42-22-6-18(2)10-26(62)38(22)58(76)48-34(70)14-30(66)44(52(42)48)46-32(68)16-36(72)50-54(46)56(74)24-8-20(4)12-28(64)40(24)60(50)78/h5-16,41-42,61-72H,1-4H3/t41-,42-/m1/s1. The van der Waals surface area contributed by atoms with Crippen molar-refractivity contribution in [2.24, 2.45) is 0 Å². The zero-order chi connectivity index (χ0) is 55.9. The molecule has 78 heavy (non-hydrogen) atoms. The largest absolute Gasteiger partial charge is 0.507 e. The van der Waals surface area contributed by atoms with Crippen LogP contribution in [0.4, 0.5) is 0 Å². The summed E-state index contributed by atoms with van der Waals surface area (Å²) in [7, 11) is 0. The predicted molar refractivity (Wildman–Crippen MR) is 273 cm³/mol. The second-order valence-corrected chi connectivity index (χ2v) is 20.1. The van der Waals surface area contributed by atoms with Crippen molar-refractivity contribution in [1.82, 2.24) is 0 Å². The minimum Gasteiger partial charge on any atom is -0.507 e. The maximum Gasteiger partial charge on any atom is 0.201 e. The van der Waals surface area contributed by atoms with Crippen LogP contribution in [-0.2, 0) is 0 Å². The number of carbonyl (C=O) groups is 6. The van der Waals surface area contributed by atoms with Crippen LogP contribution >= 0.6 is 0 Å². The summed E-state index contributed by atoms with van der Waals surface area (Å²) < 4.78 is 0. The first-order valence-electron chi connectivity index (χ1n) is 23.8. The summed E-state index contributed by atoms with van der Waals surface area (Å²) in [6, 6.07) is 12.7. The number of aryl methyl sites for hydroxylation is 4. The molecule has 0 bridgehead atoms. The van der Waals surface area contributed by atoms with Crippen molar-refractivity contribution in [3.8, 4) is 91.2 Å². The molecule has 0 saturated carbocycles. The minimum absolute atomic E-state index is 0.217. The summed E-state index contributed by atoms with van der Waals surface area (Å²) in [6.45, 7) is 6.01. The van der Waals surface area contributed by atoms with Gasteiger partial charge in [0, 0.05) is 80.6 Å². The molecule has 0 spiro atoms. The topological polar surface area (TPSA) is 345 Å². The highest BCUT2D eigenvalue weighted by molar-refractivity contribution is 6.34. The third-order valence-corrected chi connectivity index (χ3v) is 15.2. The fraction of sp³-hybridized carbons (Fsp3) is 0.100. The Kier molecular flexibility index (Phi) is 9.88. The first-order valence-corrected chi connectivity index (χ1v) is 23.8. The monoisotopic (exact) mass is 1050 g/mol. The Morgan fingerprint density at radius 2 is 0.474 bits per heavy atom. The lowest BCUT2D eigenvalue weighted by Gasteiger charge is -2.41. The average Bonchev–Trinajstić information content (AvgIpc) is 3.39. The molecule has 0 amide bonds. The van der Waals surface area contributed by atoms with E-state index >= 15 is 19.2 Å². The third-order valence-electron chi connectivity index (χ3n) is 15.2. The molecular formula is C60H38O18. The second kappa shape index (κ2) is 15.9. The lowest BCUT2D eigenvalue weighted by molar-refractivity contribution is 0.0974. The molecule has 0 aliphatic heterocycles. The first kappa shape index (κ1) is 48.3. The van der Waals surface area contributed by atoms with Gasteiger partial charge in [-0.15, -0.1) is 0 Å². The second-order valence-electron chi connectivity index (χ2n) is 20.1. The van der Waals surface area contributed by atoms with Gasteiger partial charge < -0.3 is 61.3 Å². The van der Waals surface area contributed by atoms with Crippen molar-refractivity contribution >= 4 is 34.7 Å². The summed E-state index contributed by atoms with van der Waals surface area (Å²) in [6.07, 6.45) is 0. The Labute approximate surface area is 438 Å². The Hall–Kier alpha value is -10.6. The molecule has 0 aromatic heterocycles. The van der Waals surface area contributed by atoms with Gasteiger partial charge in [-0.1, -0.05) is 12.1 Å². The molecule has 8 aromatic rings. The zero-order valence-electron chi connectivity index (χ0n) is 40.9. The molecule has 0 heterocycles. The van der Waals surface area contributed by atoms with Crippen molar-refractivity contribution in [1.29, 1.82) is 0 Å². The van der Waals surface area contributed by atoms with Crippen LogP contribution < -0.4 is 0 Å². The molecule has 0 saturated heterocycles. The Morgan fingerprint density at radius 1 is 0.231 bits per heavy atom. The Balaban J connectivity index is 1.28. The van der Waals surface area contributed by atoms with Crippen molar-refractivity contribution in [2.75, 3.05) is 0 Å². The molecule has 2 atom stereocenters. The van der Waals surface area contributed by atoms with Gasteiger partial charge in [0.1, 0.15) is 69.0 Å². The number of benzene rings is 8. The summed E-state index contributed by atoms with van der Waals surface area (Å²) in [5.74, 6) is -21.1. The molecule has 18 nitrogen and oxygen atoms in total. The van der Waals surface area contributed by atoms with E-state index in [1.807, 2.05) is 0 Å². The number of carbonyl (C=O) groups excluding carboxylic acids is 6. The van der Waals surface area contributed by atoms with E-state index in [-0.39, 0.29) is 22.3 Å². The first-order chi connectivity index (χ1) is 36.8. The Morgan fingerprint density at radius 3 is 0.808 bits per heavy atom. The van der Waals surface area contributed by atoms with Crippen LogP contribution in [0.5, 0.6) is 69.0 Å². The maximum absolute atomic E-state index is 15.3. The molecule has 12 N–H and O–H groups in total. The number of hydrogen-bond donors (Lipinski definition) is 12. The highest BCUT2D eigenvalue weighted by Crippen LogP contribution is 2.64. The average molecular weight is 1050 g/mol. The van der Waals surface area contributed by atoms with E-state index in [0.29, 0.717) is 35.4 Å². The van der Waals surface area contributed by atoms with Gasteiger partial charge in [-0.25, -0.2) is 0 Å². The van der Waals surface area contributed by atoms with Gasteiger partial charge >= 0.3 is 0 Å². The van der Waals surface area contributed by atoms with E-state index < -0.39 is 216 Å². The molecule has 0 fully saturated rings. The van der Waals surface area contributed by atoms with Gasteiger partial charge in [-0.3, -0.25) is 28.8 Å². The molecule has 18 heteroatoms. The van der Waals surface area contributed by atoms with E-state index in [1.165, 1.54) is 76.2 Å². The van der Waals surface area contributed by atoms with Crippen molar-refractivity contribution in [3.05, 3.63) is 184 Å². The van der Waals surface area contributed by atoms with Crippen LogP contribution in [0.1, 0.15) is 152 Å². The molecule has 4 aliphatic carbocycles. The highest BCUT2D eigenvalue weighted by atomic mass is 16.3. The number of hydrogen-bond acceptors (Lipinski definition) is 18. The summed E-state index contributed by atoms with van der Waals surface area (Å²) in [5, 5.41) is 142. The van der Waals surface area contributed by atoms with E-state index in [9.17, 15) is 70.9 Å². The normalized spacial score (nSPS) is 15.7. The molecule has 8 aromatic carbocycles. The number of aromatic hydroxyl groups is 12. The molecule has 386 valence electrons. The van der Waals surface area contributed by atoms with Gasteiger partial charge in [-0.05, 0) is 109 Å². The van der Waals surface area contributed by atoms with E-state index in [0.717, 1.165) is 0 Å². The van der Waals surface area contributed by atoms with Crippen molar-refractivity contribution in [2.45, 2.75) is 39.5 Å². The summed E-state index contributed by atoms with van der Waals surface area (Å²) in [4.78, 5) is 89.7. The number of fused-ring (bicyclic) bond motifs is 8. The molecule has 4 aliphatic rings. The van der Waals surface area contributed by atoms with Gasteiger partial charge in [0.2, 0.25) is 23.1 Å². The molecule has 12 rings (SSSR count). The minimum atomic E-state index is -1.89. The molecule has 0 unspecified atom stereocenters. The number of phenolic OH excluding ortho intramolecular Hbond substituents is 12. The fourth-order valence-electron chi connectivity index (χ4n) is 12.4. The van der Waals surface area contributed by atoms with Crippen LogP contribution in [0.3, 0.4) is 0 Å². The van der Waals surface area contributed by atoms with Crippen LogP contribution in [0.2, 0.25) is 0 Å². The summed E-state index contributed by atoms with van der Waals surface area (Å²) >= 11 is 0. The molecule has 0 radical (unpaired) electrons. The SMILES string of the molecule is Cc1cc(O)c2c(c1)C(=O)c1c(c(O)cc(O)c1-c1c(O)cc(O)c3c1[C@@H]([C@H]1c4cc(C)cc(O)c4C(=O)c4c(O)cc(O)c(-c5c(O)cc(O)c6c5C(=O)c5cc(C)cc(O)c5C6=O)c41)c1cc(C)cc(O)c1C3=O)C2=O. The lowest BCUT2D eigenvalue weighted by atomic mass is 9.60. The van der Waals surface area contributed by atoms with Gasteiger partial charge in [0.25, 0.3) is 0 Å². The number of rotatable bonds is 3. The van der Waals surface area contributed by atoms with E-state index in [2.05, 4.69) is 0 Å². The van der Waals surface area contributed by atoms with Crippen LogP contribution in [-0.4, -0.2) is 96.0 Å².